The molecule has 0 saturated heterocycles. The summed E-state index contributed by atoms with van der Waals surface area (Å²) in [6.07, 6.45) is -5.19. The highest BCUT2D eigenvalue weighted by Gasteiger charge is 2.62. The topological polar surface area (TPSA) is 72.5 Å². The van der Waals surface area contributed by atoms with Crippen LogP contribution in [-0.2, 0) is 15.1 Å². The highest BCUT2D eigenvalue weighted by atomic mass is 19.4. The largest absolute Gasteiger partial charge is 0.466 e. The lowest BCUT2D eigenvalue weighted by atomic mass is 9.91. The summed E-state index contributed by atoms with van der Waals surface area (Å²) >= 11 is 0. The molecule has 1 aromatic carbocycles. The van der Waals surface area contributed by atoms with Crippen molar-refractivity contribution in [1.82, 2.24) is 0 Å². The van der Waals surface area contributed by atoms with Crippen molar-refractivity contribution in [3.8, 4) is 0 Å². The second kappa shape index (κ2) is 4.49. The van der Waals surface area contributed by atoms with Crippen LogP contribution in [0.3, 0.4) is 0 Å². The van der Waals surface area contributed by atoms with Crippen LogP contribution in [-0.4, -0.2) is 24.4 Å². The van der Waals surface area contributed by atoms with Gasteiger partial charge in [0.25, 0.3) is 5.60 Å². The van der Waals surface area contributed by atoms with Crippen LogP contribution >= 0.6 is 0 Å². The number of anilines is 1. The number of carbonyl (C=O) groups is 1. The minimum atomic E-state index is -5.19. The maximum absolute atomic E-state index is 12.9. The maximum Gasteiger partial charge on any atom is 0.432 e. The number of hydrogen-bond donors (Lipinski definition) is 2. The molecule has 1 atom stereocenters. The molecular formula is C11H12F3NO3. The molecule has 1 aromatic rings. The molecule has 0 aliphatic heterocycles. The van der Waals surface area contributed by atoms with Crippen molar-refractivity contribution in [2.24, 2.45) is 0 Å². The summed E-state index contributed by atoms with van der Waals surface area (Å²) < 4.78 is 42.7. The Morgan fingerprint density at radius 2 is 1.94 bits per heavy atom. The Kier molecular flexibility index (Phi) is 3.57. The van der Waals surface area contributed by atoms with Crippen molar-refractivity contribution < 1.29 is 27.8 Å². The standard InChI is InChI=1S/C11H12F3NO3/c1-6-5-7(3-4-8(6)15)10(17,9(16)18-2)11(12,13)14/h3-5,17H,15H2,1-2H3/t10-/m1/s1. The number of benzene rings is 1. The van der Waals surface area contributed by atoms with Crippen molar-refractivity contribution in [1.29, 1.82) is 0 Å². The monoisotopic (exact) mass is 263 g/mol. The molecule has 0 heterocycles. The third-order valence-corrected chi connectivity index (χ3v) is 2.58. The van der Waals surface area contributed by atoms with Crippen LogP contribution in [0, 0.1) is 6.92 Å². The Hall–Kier alpha value is -1.76. The number of aliphatic hydroxyl groups is 1. The van der Waals surface area contributed by atoms with E-state index in [4.69, 9.17) is 5.73 Å². The molecule has 7 heteroatoms. The Morgan fingerprint density at radius 1 is 1.39 bits per heavy atom. The Bertz CT molecular complexity index is 473. The average Bonchev–Trinajstić information content (AvgIpc) is 2.29. The second-order valence-electron chi connectivity index (χ2n) is 3.77. The highest BCUT2D eigenvalue weighted by molar-refractivity contribution is 5.82. The van der Waals surface area contributed by atoms with E-state index in [-0.39, 0.29) is 5.69 Å². The first-order chi connectivity index (χ1) is 8.14. The van der Waals surface area contributed by atoms with Gasteiger partial charge in [-0.15, -0.1) is 0 Å². The molecule has 0 saturated carbocycles. The molecule has 0 aromatic heterocycles. The van der Waals surface area contributed by atoms with E-state index >= 15 is 0 Å². The van der Waals surface area contributed by atoms with Crippen LogP contribution in [0.5, 0.6) is 0 Å². The number of esters is 1. The van der Waals surface area contributed by atoms with Crippen molar-refractivity contribution >= 4 is 11.7 Å². The van der Waals surface area contributed by atoms with E-state index in [1.165, 1.54) is 13.0 Å². The molecule has 1 rings (SSSR count). The van der Waals surface area contributed by atoms with E-state index in [0.717, 1.165) is 19.2 Å². The number of ether oxygens (including phenoxy) is 1. The SMILES string of the molecule is COC(=O)[C@](O)(c1ccc(N)c(C)c1)C(F)(F)F. The third kappa shape index (κ3) is 2.13. The van der Waals surface area contributed by atoms with E-state index in [9.17, 15) is 23.1 Å². The smallest absolute Gasteiger partial charge is 0.432 e. The van der Waals surface area contributed by atoms with Crippen molar-refractivity contribution in [3.63, 3.8) is 0 Å². The summed E-state index contributed by atoms with van der Waals surface area (Å²) in [4.78, 5) is 11.3. The van der Waals surface area contributed by atoms with Gasteiger partial charge in [0, 0.05) is 11.3 Å². The number of hydrogen-bond acceptors (Lipinski definition) is 4. The van der Waals surface area contributed by atoms with Crippen LogP contribution in [0.4, 0.5) is 18.9 Å². The van der Waals surface area contributed by atoms with Crippen LogP contribution in [0.2, 0.25) is 0 Å². The number of halogens is 3. The Labute approximate surface area is 101 Å². The summed E-state index contributed by atoms with van der Waals surface area (Å²) in [6, 6.07) is 3.12. The van der Waals surface area contributed by atoms with Crippen LogP contribution in [0.15, 0.2) is 18.2 Å². The molecule has 4 nitrogen and oxygen atoms in total. The number of nitrogens with two attached hydrogens (primary N) is 1. The van der Waals surface area contributed by atoms with Gasteiger partial charge < -0.3 is 15.6 Å². The predicted octanol–water partition coefficient (Wildman–Crippen LogP) is 1.50. The normalized spacial score (nSPS) is 15.0. The molecule has 0 aliphatic carbocycles. The lowest BCUT2D eigenvalue weighted by Crippen LogP contribution is -2.49. The molecule has 0 radical (unpaired) electrons. The van der Waals surface area contributed by atoms with E-state index in [1.54, 1.807) is 0 Å². The molecule has 0 bridgehead atoms. The first-order valence-corrected chi connectivity index (χ1v) is 4.88. The summed E-state index contributed by atoms with van der Waals surface area (Å²) in [5.41, 5.74) is 1.72. The number of alkyl halides is 3. The van der Waals surface area contributed by atoms with Crippen LogP contribution in [0.1, 0.15) is 11.1 Å². The fourth-order valence-corrected chi connectivity index (χ4v) is 1.45. The lowest BCUT2D eigenvalue weighted by molar-refractivity contribution is -0.266. The number of methoxy groups -OCH3 is 1. The number of aryl methyl sites for hydroxylation is 1. The molecule has 18 heavy (non-hydrogen) atoms. The molecule has 0 spiro atoms. The van der Waals surface area contributed by atoms with Gasteiger partial charge in [0.1, 0.15) is 0 Å². The van der Waals surface area contributed by atoms with Crippen molar-refractivity contribution in [2.75, 3.05) is 12.8 Å². The quantitative estimate of drug-likeness (QED) is 0.626. The van der Waals surface area contributed by atoms with Gasteiger partial charge in [-0.25, -0.2) is 4.79 Å². The zero-order valence-electron chi connectivity index (χ0n) is 9.71. The average molecular weight is 263 g/mol. The molecule has 0 fully saturated rings. The third-order valence-electron chi connectivity index (χ3n) is 2.58. The molecule has 3 N–H and O–H groups in total. The van der Waals surface area contributed by atoms with Gasteiger partial charge in [0.15, 0.2) is 0 Å². The summed E-state index contributed by atoms with van der Waals surface area (Å²) in [5.74, 6) is -1.79. The minimum absolute atomic E-state index is 0.258. The van der Waals surface area contributed by atoms with E-state index in [0.29, 0.717) is 5.56 Å². The van der Waals surface area contributed by atoms with Gasteiger partial charge in [-0.05, 0) is 18.6 Å². The van der Waals surface area contributed by atoms with E-state index in [1.807, 2.05) is 0 Å². The second-order valence-corrected chi connectivity index (χ2v) is 3.77. The number of carbonyl (C=O) groups excluding carboxylic acids is 1. The Balaban J connectivity index is 3.45. The fraction of sp³-hybridized carbons (Fsp3) is 0.364. The van der Waals surface area contributed by atoms with E-state index in [2.05, 4.69) is 4.74 Å². The van der Waals surface area contributed by atoms with Gasteiger partial charge in [0.05, 0.1) is 7.11 Å². The summed E-state index contributed by atoms with van der Waals surface area (Å²) in [6.45, 7) is 1.47. The molecule has 0 amide bonds. The zero-order valence-corrected chi connectivity index (χ0v) is 9.71. The Morgan fingerprint density at radius 3 is 2.33 bits per heavy atom. The van der Waals surface area contributed by atoms with Crippen molar-refractivity contribution in [3.05, 3.63) is 29.3 Å². The summed E-state index contributed by atoms with van der Waals surface area (Å²) in [5, 5.41) is 9.66. The molecule has 0 aliphatic rings. The molecule has 100 valence electrons. The van der Waals surface area contributed by atoms with Gasteiger partial charge >= 0.3 is 12.1 Å². The van der Waals surface area contributed by atoms with Crippen LogP contribution in [0.25, 0.3) is 0 Å². The van der Waals surface area contributed by atoms with Gasteiger partial charge in [-0.1, -0.05) is 12.1 Å². The minimum Gasteiger partial charge on any atom is -0.466 e. The van der Waals surface area contributed by atoms with Gasteiger partial charge in [-0.2, -0.15) is 13.2 Å². The van der Waals surface area contributed by atoms with E-state index < -0.39 is 23.3 Å². The first kappa shape index (κ1) is 14.3. The maximum atomic E-state index is 12.9. The molecular weight excluding hydrogens is 251 g/mol. The van der Waals surface area contributed by atoms with Crippen LogP contribution < -0.4 is 5.73 Å². The lowest BCUT2D eigenvalue weighted by Gasteiger charge is -2.28. The van der Waals surface area contributed by atoms with Gasteiger partial charge in [-0.3, -0.25) is 0 Å². The zero-order chi connectivity index (χ0) is 14.1. The first-order valence-electron chi connectivity index (χ1n) is 4.88. The summed E-state index contributed by atoms with van der Waals surface area (Å²) in [7, 11) is 0.767. The predicted molar refractivity (Wildman–Crippen MR) is 57.6 cm³/mol. The highest BCUT2D eigenvalue weighted by Crippen LogP contribution is 2.40. The number of nitrogen functional groups attached to an aromatic ring is 1. The number of rotatable bonds is 2. The van der Waals surface area contributed by atoms with Gasteiger partial charge in [0.2, 0.25) is 0 Å². The molecule has 0 unspecified atom stereocenters. The van der Waals surface area contributed by atoms with Crippen molar-refractivity contribution in [2.45, 2.75) is 18.7 Å². The fourth-order valence-electron chi connectivity index (χ4n) is 1.45.